The van der Waals surface area contributed by atoms with Gasteiger partial charge in [-0.05, 0) is 25.0 Å². The first-order valence-corrected chi connectivity index (χ1v) is 7.02. The molecule has 5 heteroatoms. The van der Waals surface area contributed by atoms with E-state index in [0.29, 0.717) is 5.69 Å². The lowest BCUT2D eigenvalue weighted by molar-refractivity contribution is 0.0916. The summed E-state index contributed by atoms with van der Waals surface area (Å²) in [6.07, 6.45) is 5.68. The highest BCUT2D eigenvalue weighted by Gasteiger charge is 2.24. The van der Waals surface area contributed by atoms with Crippen LogP contribution in [0.25, 0.3) is 11.0 Å². The van der Waals surface area contributed by atoms with Crippen molar-refractivity contribution in [2.75, 3.05) is 0 Å². The first-order chi connectivity index (χ1) is 9.74. The summed E-state index contributed by atoms with van der Waals surface area (Å²) >= 11 is 0. The number of nitrogens with zero attached hydrogens (tertiary/aromatic N) is 2. The van der Waals surface area contributed by atoms with Crippen LogP contribution in [0.15, 0.2) is 30.5 Å². The number of nitrogens with one attached hydrogen (secondary N) is 1. The lowest BCUT2D eigenvalue weighted by Crippen LogP contribution is -2.49. The van der Waals surface area contributed by atoms with Gasteiger partial charge in [0, 0.05) is 12.1 Å². The van der Waals surface area contributed by atoms with E-state index in [9.17, 15) is 4.79 Å². The van der Waals surface area contributed by atoms with Crippen molar-refractivity contribution in [2.24, 2.45) is 5.73 Å². The number of aromatic nitrogens is 2. The summed E-state index contributed by atoms with van der Waals surface area (Å²) in [5.74, 6) is -0.189. The monoisotopic (exact) mass is 270 g/mol. The van der Waals surface area contributed by atoms with Crippen molar-refractivity contribution in [3.63, 3.8) is 0 Å². The van der Waals surface area contributed by atoms with Gasteiger partial charge in [-0.25, -0.2) is 4.98 Å². The molecule has 1 heterocycles. The molecule has 0 unspecified atom stereocenters. The van der Waals surface area contributed by atoms with E-state index in [1.54, 1.807) is 0 Å². The maximum atomic E-state index is 12.2. The molecule has 0 saturated heterocycles. The average Bonchev–Trinajstić information content (AvgIpc) is 2.49. The predicted molar refractivity (Wildman–Crippen MR) is 77.2 cm³/mol. The Balaban J connectivity index is 1.78. The third-order valence-electron chi connectivity index (χ3n) is 3.82. The Morgan fingerprint density at radius 2 is 1.95 bits per heavy atom. The summed E-state index contributed by atoms with van der Waals surface area (Å²) in [5, 5.41) is 2.98. The largest absolute Gasteiger partial charge is 0.346 e. The molecule has 3 N–H and O–H groups in total. The van der Waals surface area contributed by atoms with Gasteiger partial charge in [0.2, 0.25) is 0 Å². The van der Waals surface area contributed by atoms with Crippen molar-refractivity contribution in [1.82, 2.24) is 15.3 Å². The predicted octanol–water partition coefficient (Wildman–Crippen LogP) is 1.63. The van der Waals surface area contributed by atoms with E-state index in [1.807, 2.05) is 24.3 Å². The van der Waals surface area contributed by atoms with E-state index in [4.69, 9.17) is 5.73 Å². The van der Waals surface area contributed by atoms with E-state index in [2.05, 4.69) is 15.3 Å². The topological polar surface area (TPSA) is 80.9 Å². The van der Waals surface area contributed by atoms with Gasteiger partial charge in [0.15, 0.2) is 0 Å². The molecule has 5 nitrogen and oxygen atoms in total. The second kappa shape index (κ2) is 5.54. The smallest absolute Gasteiger partial charge is 0.271 e. The second-order valence-corrected chi connectivity index (χ2v) is 5.27. The zero-order valence-corrected chi connectivity index (χ0v) is 11.2. The number of fused-ring (bicyclic) bond motifs is 1. The van der Waals surface area contributed by atoms with Crippen LogP contribution in [0, 0.1) is 0 Å². The van der Waals surface area contributed by atoms with Crippen LogP contribution in [0.2, 0.25) is 0 Å². The standard InChI is InChI=1S/C15H18N4O/c16-10-5-1-2-6-11(10)19-15(20)14-9-17-12-7-3-4-8-13(12)18-14/h3-4,7-11H,1-2,5-6,16H2,(H,19,20)/t10-,11-/m1/s1. The molecule has 1 fully saturated rings. The summed E-state index contributed by atoms with van der Waals surface area (Å²) < 4.78 is 0. The molecule has 104 valence electrons. The molecule has 0 bridgehead atoms. The maximum absolute atomic E-state index is 12.2. The fourth-order valence-corrected chi connectivity index (χ4v) is 2.65. The zero-order chi connectivity index (χ0) is 13.9. The van der Waals surface area contributed by atoms with E-state index in [0.717, 1.165) is 36.7 Å². The Labute approximate surface area is 117 Å². The van der Waals surface area contributed by atoms with E-state index < -0.39 is 0 Å². The zero-order valence-electron chi connectivity index (χ0n) is 11.2. The quantitative estimate of drug-likeness (QED) is 0.869. The molecule has 1 amide bonds. The van der Waals surface area contributed by atoms with Crippen LogP contribution < -0.4 is 11.1 Å². The molecular formula is C15H18N4O. The molecule has 1 aromatic heterocycles. The molecule has 20 heavy (non-hydrogen) atoms. The highest BCUT2D eigenvalue weighted by Crippen LogP contribution is 2.17. The minimum atomic E-state index is -0.189. The summed E-state index contributed by atoms with van der Waals surface area (Å²) in [6, 6.07) is 7.60. The number of carbonyl (C=O) groups excluding carboxylic acids is 1. The van der Waals surface area contributed by atoms with Gasteiger partial charge in [-0.15, -0.1) is 0 Å². The van der Waals surface area contributed by atoms with Gasteiger partial charge in [-0.1, -0.05) is 25.0 Å². The average molecular weight is 270 g/mol. The molecule has 0 radical (unpaired) electrons. The molecule has 1 aliphatic carbocycles. The van der Waals surface area contributed by atoms with Crippen LogP contribution in [0.1, 0.15) is 36.2 Å². The fourth-order valence-electron chi connectivity index (χ4n) is 2.65. The van der Waals surface area contributed by atoms with E-state index in [-0.39, 0.29) is 18.0 Å². The summed E-state index contributed by atoms with van der Waals surface area (Å²) in [7, 11) is 0. The fraction of sp³-hybridized carbons (Fsp3) is 0.400. The lowest BCUT2D eigenvalue weighted by Gasteiger charge is -2.29. The van der Waals surface area contributed by atoms with Crippen LogP contribution in [0.3, 0.4) is 0 Å². The van der Waals surface area contributed by atoms with Gasteiger partial charge in [-0.3, -0.25) is 9.78 Å². The summed E-state index contributed by atoms with van der Waals surface area (Å²) in [4.78, 5) is 20.8. The van der Waals surface area contributed by atoms with Crippen molar-refractivity contribution in [2.45, 2.75) is 37.8 Å². The van der Waals surface area contributed by atoms with Crippen molar-refractivity contribution >= 4 is 16.9 Å². The molecule has 0 aliphatic heterocycles. The Morgan fingerprint density at radius 3 is 2.75 bits per heavy atom. The van der Waals surface area contributed by atoms with Crippen molar-refractivity contribution in [3.8, 4) is 0 Å². The Kier molecular flexibility index (Phi) is 3.60. The van der Waals surface area contributed by atoms with Crippen LogP contribution >= 0.6 is 0 Å². The molecule has 1 aliphatic rings. The van der Waals surface area contributed by atoms with Gasteiger partial charge in [-0.2, -0.15) is 0 Å². The van der Waals surface area contributed by atoms with Gasteiger partial charge < -0.3 is 11.1 Å². The lowest BCUT2D eigenvalue weighted by atomic mass is 9.91. The number of amides is 1. The molecular weight excluding hydrogens is 252 g/mol. The van der Waals surface area contributed by atoms with Crippen LogP contribution in [-0.2, 0) is 0 Å². The second-order valence-electron chi connectivity index (χ2n) is 5.27. The minimum Gasteiger partial charge on any atom is -0.346 e. The van der Waals surface area contributed by atoms with Crippen molar-refractivity contribution in [1.29, 1.82) is 0 Å². The molecule has 3 rings (SSSR count). The number of carbonyl (C=O) groups is 1. The number of benzene rings is 1. The molecule has 2 aromatic rings. The highest BCUT2D eigenvalue weighted by atomic mass is 16.2. The minimum absolute atomic E-state index is 0.0427. The summed E-state index contributed by atoms with van der Waals surface area (Å²) in [5.41, 5.74) is 7.91. The Hall–Kier alpha value is -2.01. The first-order valence-electron chi connectivity index (χ1n) is 7.02. The number of hydrogen-bond acceptors (Lipinski definition) is 4. The molecule has 1 aromatic carbocycles. The third-order valence-corrected chi connectivity index (χ3v) is 3.82. The van der Waals surface area contributed by atoms with E-state index >= 15 is 0 Å². The molecule has 1 saturated carbocycles. The third kappa shape index (κ3) is 2.63. The van der Waals surface area contributed by atoms with Crippen molar-refractivity contribution in [3.05, 3.63) is 36.2 Å². The van der Waals surface area contributed by atoms with E-state index in [1.165, 1.54) is 6.20 Å². The molecule has 0 spiro atoms. The van der Waals surface area contributed by atoms with Gasteiger partial charge in [0.25, 0.3) is 5.91 Å². The first kappa shape index (κ1) is 13.0. The Morgan fingerprint density at radius 1 is 1.20 bits per heavy atom. The van der Waals surface area contributed by atoms with Crippen LogP contribution in [-0.4, -0.2) is 28.0 Å². The van der Waals surface area contributed by atoms with Crippen molar-refractivity contribution < 1.29 is 4.79 Å². The number of para-hydroxylation sites is 2. The van der Waals surface area contributed by atoms with Crippen LogP contribution in [0.5, 0.6) is 0 Å². The normalized spacial score (nSPS) is 22.6. The maximum Gasteiger partial charge on any atom is 0.271 e. The van der Waals surface area contributed by atoms with Gasteiger partial charge in [0.1, 0.15) is 5.69 Å². The molecule has 2 atom stereocenters. The Bertz CT molecular complexity index is 628. The summed E-state index contributed by atoms with van der Waals surface area (Å²) in [6.45, 7) is 0. The number of nitrogens with two attached hydrogens (primary N) is 1. The van der Waals surface area contributed by atoms with Gasteiger partial charge in [0.05, 0.1) is 17.2 Å². The highest BCUT2D eigenvalue weighted by molar-refractivity contribution is 5.93. The van der Waals surface area contributed by atoms with Crippen LogP contribution in [0.4, 0.5) is 0 Å². The SMILES string of the molecule is N[C@@H]1CCCC[C@H]1NC(=O)c1cnc2ccccc2n1. The van der Waals surface area contributed by atoms with Gasteiger partial charge >= 0.3 is 0 Å². The number of hydrogen-bond donors (Lipinski definition) is 2. The number of rotatable bonds is 2.